The van der Waals surface area contributed by atoms with E-state index >= 15 is 0 Å². The van der Waals surface area contributed by atoms with Gasteiger partial charge in [-0.3, -0.25) is 4.79 Å². The maximum atomic E-state index is 13.0. The molecule has 0 radical (unpaired) electrons. The van der Waals surface area contributed by atoms with Crippen molar-refractivity contribution >= 4 is 17.2 Å². The molecule has 0 N–H and O–H groups in total. The smallest absolute Gasteiger partial charge is 0.226 e. The zero-order valence-corrected chi connectivity index (χ0v) is 20.7. The van der Waals surface area contributed by atoms with E-state index in [1.54, 1.807) is 11.3 Å². The number of nitrogens with zero attached hydrogens (tertiary/aromatic N) is 3. The van der Waals surface area contributed by atoms with E-state index in [0.717, 1.165) is 74.3 Å². The van der Waals surface area contributed by atoms with Crippen LogP contribution in [0.1, 0.15) is 68.9 Å². The van der Waals surface area contributed by atoms with Gasteiger partial charge >= 0.3 is 0 Å². The Labute approximate surface area is 202 Å². The van der Waals surface area contributed by atoms with E-state index < -0.39 is 0 Å². The molecule has 6 heteroatoms. The van der Waals surface area contributed by atoms with Crippen LogP contribution in [0.15, 0.2) is 24.3 Å². The average Bonchev–Trinajstić information content (AvgIpc) is 3.47. The first-order valence-corrected chi connectivity index (χ1v) is 13.7. The van der Waals surface area contributed by atoms with E-state index in [-0.39, 0.29) is 5.92 Å². The van der Waals surface area contributed by atoms with Gasteiger partial charge in [0.2, 0.25) is 5.91 Å². The van der Waals surface area contributed by atoms with Crippen molar-refractivity contribution in [1.82, 2.24) is 14.8 Å². The van der Waals surface area contributed by atoms with Crippen LogP contribution in [-0.4, -0.2) is 53.0 Å². The Morgan fingerprint density at radius 3 is 2.67 bits per heavy atom. The zero-order chi connectivity index (χ0) is 22.6. The lowest BCUT2D eigenvalue weighted by molar-refractivity contribution is -0.137. The van der Waals surface area contributed by atoms with Crippen LogP contribution in [0.5, 0.6) is 5.75 Å². The van der Waals surface area contributed by atoms with E-state index in [1.165, 1.54) is 49.2 Å². The van der Waals surface area contributed by atoms with E-state index in [2.05, 4.69) is 41.0 Å². The van der Waals surface area contributed by atoms with Gasteiger partial charge in [-0.2, -0.15) is 0 Å². The first-order valence-electron chi connectivity index (χ1n) is 12.9. The SMILES string of the molecule is CC1CCCN1CCCOc1ccc(-c2nc3c(s2)CN(C(=O)C2CCCCC2)CC3)cc1. The number of rotatable bonds is 7. The zero-order valence-electron chi connectivity index (χ0n) is 19.9. The molecule has 5 nitrogen and oxygen atoms in total. The average molecular weight is 468 g/mol. The summed E-state index contributed by atoms with van der Waals surface area (Å²) in [5, 5.41) is 1.06. The normalized spacial score (nSPS) is 21.8. The predicted octanol–water partition coefficient (Wildman–Crippen LogP) is 5.53. The number of likely N-dealkylation sites (tertiary alicyclic amines) is 1. The molecule has 1 unspecified atom stereocenters. The van der Waals surface area contributed by atoms with Crippen LogP contribution in [-0.2, 0) is 17.8 Å². The molecule has 1 saturated heterocycles. The predicted molar refractivity (Wildman–Crippen MR) is 134 cm³/mol. The summed E-state index contributed by atoms with van der Waals surface area (Å²) < 4.78 is 5.98. The van der Waals surface area contributed by atoms with Gasteiger partial charge < -0.3 is 14.5 Å². The van der Waals surface area contributed by atoms with Crippen LogP contribution in [0, 0.1) is 5.92 Å². The summed E-state index contributed by atoms with van der Waals surface area (Å²) >= 11 is 1.75. The molecule has 1 aliphatic carbocycles. The molecule has 3 heterocycles. The summed E-state index contributed by atoms with van der Waals surface area (Å²) in [5.74, 6) is 1.55. The third kappa shape index (κ3) is 5.43. The number of ether oxygens (including phenoxy) is 1. The van der Waals surface area contributed by atoms with Gasteiger partial charge in [-0.1, -0.05) is 19.3 Å². The summed E-state index contributed by atoms with van der Waals surface area (Å²) in [7, 11) is 0. The third-order valence-electron chi connectivity index (χ3n) is 7.65. The number of benzene rings is 1. The van der Waals surface area contributed by atoms with Gasteiger partial charge in [0.1, 0.15) is 10.8 Å². The Hall–Kier alpha value is -1.92. The Kier molecular flexibility index (Phi) is 7.31. The van der Waals surface area contributed by atoms with Crippen molar-refractivity contribution in [3.63, 3.8) is 0 Å². The van der Waals surface area contributed by atoms with E-state index in [4.69, 9.17) is 9.72 Å². The first kappa shape index (κ1) is 22.9. The minimum atomic E-state index is 0.249. The maximum Gasteiger partial charge on any atom is 0.226 e. The molecular weight excluding hydrogens is 430 g/mol. The van der Waals surface area contributed by atoms with Gasteiger partial charge in [0.25, 0.3) is 0 Å². The third-order valence-corrected chi connectivity index (χ3v) is 8.78. The molecule has 178 valence electrons. The first-order chi connectivity index (χ1) is 16.2. The quantitative estimate of drug-likeness (QED) is 0.503. The highest BCUT2D eigenvalue weighted by molar-refractivity contribution is 7.15. The van der Waals surface area contributed by atoms with E-state index in [1.807, 2.05) is 0 Å². The van der Waals surface area contributed by atoms with Gasteiger partial charge in [-0.15, -0.1) is 11.3 Å². The lowest BCUT2D eigenvalue weighted by Crippen LogP contribution is -2.40. The summed E-state index contributed by atoms with van der Waals surface area (Å²) in [6.07, 6.45) is 10.4. The monoisotopic (exact) mass is 467 g/mol. The summed E-state index contributed by atoms with van der Waals surface area (Å²) in [6.45, 7) is 7.01. The standard InChI is InChI=1S/C27H37N3O2S/c1-20-7-5-15-29(20)16-6-18-32-23-12-10-21(11-13-23)26-28-24-14-17-30(19-25(24)33-26)27(31)22-8-3-2-4-9-22/h10-13,20,22H,2-9,14-19H2,1H3. The fraction of sp³-hybridized carbons (Fsp3) is 0.630. The van der Waals surface area contributed by atoms with Crippen molar-refractivity contribution in [2.24, 2.45) is 5.92 Å². The molecule has 1 amide bonds. The van der Waals surface area contributed by atoms with Crippen LogP contribution in [0.4, 0.5) is 0 Å². The van der Waals surface area contributed by atoms with Gasteiger partial charge in [0.05, 0.1) is 18.8 Å². The molecule has 3 aliphatic rings. The molecule has 2 fully saturated rings. The lowest BCUT2D eigenvalue weighted by atomic mass is 9.88. The van der Waals surface area contributed by atoms with Crippen molar-refractivity contribution in [3.05, 3.63) is 34.8 Å². The van der Waals surface area contributed by atoms with Gasteiger partial charge in [0, 0.05) is 41.9 Å². The van der Waals surface area contributed by atoms with Gasteiger partial charge in [-0.05, 0) is 69.8 Å². The Morgan fingerprint density at radius 2 is 1.91 bits per heavy atom. The number of carbonyl (C=O) groups excluding carboxylic acids is 1. The lowest BCUT2D eigenvalue weighted by Gasteiger charge is -2.31. The molecule has 33 heavy (non-hydrogen) atoms. The van der Waals surface area contributed by atoms with Crippen LogP contribution >= 0.6 is 11.3 Å². The fourth-order valence-corrected chi connectivity index (χ4v) is 6.72. The second kappa shape index (κ2) is 10.6. The topological polar surface area (TPSA) is 45.7 Å². The molecule has 0 spiro atoms. The minimum Gasteiger partial charge on any atom is -0.494 e. The number of thiazole rings is 1. The number of hydrogen-bond donors (Lipinski definition) is 0. The number of aromatic nitrogens is 1. The van der Waals surface area contributed by atoms with Crippen LogP contribution < -0.4 is 4.74 Å². The molecule has 1 aromatic heterocycles. The molecular formula is C27H37N3O2S. The van der Waals surface area contributed by atoms with Crippen LogP contribution in [0.25, 0.3) is 10.6 Å². The molecule has 1 aromatic carbocycles. The number of carbonyl (C=O) groups is 1. The highest BCUT2D eigenvalue weighted by atomic mass is 32.1. The number of hydrogen-bond acceptors (Lipinski definition) is 5. The van der Waals surface area contributed by atoms with Crippen molar-refractivity contribution < 1.29 is 9.53 Å². The highest BCUT2D eigenvalue weighted by Crippen LogP contribution is 2.34. The molecule has 1 saturated carbocycles. The molecule has 2 aromatic rings. The summed E-state index contributed by atoms with van der Waals surface area (Å²) in [4.78, 5) is 23.8. The number of amides is 1. The molecule has 5 rings (SSSR count). The number of fused-ring (bicyclic) bond motifs is 1. The molecule has 2 aliphatic heterocycles. The van der Waals surface area contributed by atoms with Crippen molar-refractivity contribution in [1.29, 1.82) is 0 Å². The van der Waals surface area contributed by atoms with Crippen LogP contribution in [0.2, 0.25) is 0 Å². The highest BCUT2D eigenvalue weighted by Gasteiger charge is 2.30. The van der Waals surface area contributed by atoms with E-state index in [0.29, 0.717) is 5.91 Å². The fourth-order valence-electron chi connectivity index (χ4n) is 5.59. The Bertz CT molecular complexity index is 935. The second-order valence-corrected chi connectivity index (χ2v) is 11.1. The summed E-state index contributed by atoms with van der Waals surface area (Å²) in [6, 6.07) is 9.09. The largest absolute Gasteiger partial charge is 0.494 e. The second-order valence-electron chi connectivity index (χ2n) is 9.99. The maximum absolute atomic E-state index is 13.0. The van der Waals surface area contributed by atoms with E-state index in [9.17, 15) is 4.79 Å². The van der Waals surface area contributed by atoms with Gasteiger partial charge in [0.15, 0.2) is 0 Å². The van der Waals surface area contributed by atoms with Crippen molar-refractivity contribution in [2.75, 3.05) is 26.2 Å². The minimum absolute atomic E-state index is 0.249. The van der Waals surface area contributed by atoms with Crippen LogP contribution in [0.3, 0.4) is 0 Å². The van der Waals surface area contributed by atoms with Crippen molar-refractivity contribution in [3.8, 4) is 16.3 Å². The molecule has 0 bridgehead atoms. The molecule has 1 atom stereocenters. The van der Waals surface area contributed by atoms with Crippen molar-refractivity contribution in [2.45, 2.75) is 77.3 Å². The van der Waals surface area contributed by atoms with Gasteiger partial charge in [-0.25, -0.2) is 4.98 Å². The Balaban J connectivity index is 1.14. The Morgan fingerprint density at radius 1 is 1.09 bits per heavy atom. The summed E-state index contributed by atoms with van der Waals surface area (Å²) in [5.41, 5.74) is 2.32.